The van der Waals surface area contributed by atoms with Crippen LogP contribution in [0.2, 0.25) is 0 Å². The lowest BCUT2D eigenvalue weighted by Crippen LogP contribution is -2.45. The molecule has 1 saturated carbocycles. The first-order chi connectivity index (χ1) is 11.7. The molecular weight excluding hydrogens is 324 g/mol. The molecule has 1 aliphatic heterocycles. The van der Waals surface area contributed by atoms with Crippen LogP contribution in [-0.2, 0) is 0 Å². The number of aromatic nitrogens is 4. The summed E-state index contributed by atoms with van der Waals surface area (Å²) in [5, 5.41) is 19.2. The molecule has 4 rings (SSSR count). The number of nitrogens with zero attached hydrogens (tertiary/aromatic N) is 5. The molecule has 1 N–H and O–H groups in total. The van der Waals surface area contributed by atoms with Gasteiger partial charge < -0.3 is 5.32 Å². The Bertz CT molecular complexity index is 687. The van der Waals surface area contributed by atoms with Crippen LogP contribution < -0.4 is 5.32 Å². The van der Waals surface area contributed by atoms with Crippen molar-refractivity contribution in [2.75, 3.05) is 13.1 Å². The number of carbonyl (C=O) groups is 1. The number of likely N-dealkylation sites (tertiary alicyclic amines) is 1. The quantitative estimate of drug-likeness (QED) is 0.896. The van der Waals surface area contributed by atoms with Crippen molar-refractivity contribution in [2.45, 2.75) is 50.7 Å². The van der Waals surface area contributed by atoms with Gasteiger partial charge in [0.05, 0.1) is 12.1 Å². The maximum atomic E-state index is 12.2. The van der Waals surface area contributed by atoms with Gasteiger partial charge in [-0.1, -0.05) is 0 Å². The lowest BCUT2D eigenvalue weighted by Gasteiger charge is -2.35. The van der Waals surface area contributed by atoms with E-state index < -0.39 is 0 Å². The summed E-state index contributed by atoms with van der Waals surface area (Å²) in [5.74, 6) is 1.01. The predicted octanol–water partition coefficient (Wildman–Crippen LogP) is 2.02. The number of amides is 1. The van der Waals surface area contributed by atoms with Crippen molar-refractivity contribution in [3.63, 3.8) is 0 Å². The number of hydrogen-bond acceptors (Lipinski definition) is 6. The third-order valence-corrected chi connectivity index (χ3v) is 5.66. The van der Waals surface area contributed by atoms with Crippen molar-refractivity contribution >= 4 is 17.2 Å². The van der Waals surface area contributed by atoms with E-state index in [0.29, 0.717) is 6.04 Å². The molecule has 8 heteroatoms. The fourth-order valence-corrected chi connectivity index (χ4v) is 3.95. The third kappa shape index (κ3) is 3.21. The minimum atomic E-state index is 0.0421. The largest absolute Gasteiger partial charge is 0.349 e. The predicted molar refractivity (Wildman–Crippen MR) is 90.9 cm³/mol. The fraction of sp³-hybridized carbons (Fsp3) is 0.625. The van der Waals surface area contributed by atoms with Crippen LogP contribution in [0.15, 0.2) is 16.8 Å². The molecule has 2 aliphatic rings. The minimum absolute atomic E-state index is 0.0421. The zero-order chi connectivity index (χ0) is 16.5. The van der Waals surface area contributed by atoms with Crippen LogP contribution in [0.3, 0.4) is 0 Å². The van der Waals surface area contributed by atoms with Gasteiger partial charge in [0, 0.05) is 30.1 Å². The van der Waals surface area contributed by atoms with Crippen molar-refractivity contribution in [2.24, 2.45) is 0 Å². The van der Waals surface area contributed by atoms with Gasteiger partial charge >= 0.3 is 0 Å². The molecule has 2 fully saturated rings. The molecule has 1 aliphatic carbocycles. The standard InChI is InChI=1S/C16H22N6OS/c1-11(15-18-19-20-22(15)14-2-3-14)21-7-4-13(5-8-21)17-16(23)12-6-9-24-10-12/h6,9-11,13-14H,2-5,7-8H2,1H3,(H,17,23). The third-order valence-electron chi connectivity index (χ3n) is 4.98. The summed E-state index contributed by atoms with van der Waals surface area (Å²) in [6.45, 7) is 4.08. The molecule has 2 aromatic heterocycles. The number of rotatable bonds is 5. The van der Waals surface area contributed by atoms with E-state index in [4.69, 9.17) is 0 Å². The smallest absolute Gasteiger partial charge is 0.252 e. The van der Waals surface area contributed by atoms with E-state index in [1.54, 1.807) is 11.3 Å². The Morgan fingerprint density at radius 1 is 1.33 bits per heavy atom. The number of thiophene rings is 1. The van der Waals surface area contributed by atoms with Gasteiger partial charge in [0.1, 0.15) is 0 Å². The van der Waals surface area contributed by atoms with Crippen LogP contribution in [0.1, 0.15) is 60.9 Å². The summed E-state index contributed by atoms with van der Waals surface area (Å²) in [7, 11) is 0. The first kappa shape index (κ1) is 15.7. The minimum Gasteiger partial charge on any atom is -0.349 e. The van der Waals surface area contributed by atoms with Crippen LogP contribution in [0, 0.1) is 0 Å². The van der Waals surface area contributed by atoms with E-state index in [1.807, 2.05) is 21.5 Å². The van der Waals surface area contributed by atoms with Crippen molar-refractivity contribution in [1.82, 2.24) is 30.4 Å². The molecule has 0 radical (unpaired) electrons. The van der Waals surface area contributed by atoms with Crippen LogP contribution in [0.25, 0.3) is 0 Å². The number of nitrogens with one attached hydrogen (secondary N) is 1. The van der Waals surface area contributed by atoms with E-state index >= 15 is 0 Å². The van der Waals surface area contributed by atoms with E-state index in [0.717, 1.165) is 37.3 Å². The number of piperidine rings is 1. The molecule has 128 valence electrons. The van der Waals surface area contributed by atoms with Crippen molar-refractivity contribution < 1.29 is 4.79 Å². The summed E-state index contributed by atoms with van der Waals surface area (Å²) in [6.07, 6.45) is 4.29. The zero-order valence-corrected chi connectivity index (χ0v) is 14.6. The monoisotopic (exact) mass is 346 g/mol. The second kappa shape index (κ2) is 6.60. The molecule has 0 aromatic carbocycles. The Morgan fingerprint density at radius 3 is 2.79 bits per heavy atom. The summed E-state index contributed by atoms with van der Waals surface area (Å²) in [5.41, 5.74) is 0.763. The SMILES string of the molecule is CC(c1nnnn1C1CC1)N1CCC(NC(=O)c2ccsc2)CC1. The van der Waals surface area contributed by atoms with Crippen LogP contribution in [0.5, 0.6) is 0 Å². The van der Waals surface area contributed by atoms with Gasteiger partial charge in [-0.25, -0.2) is 4.68 Å². The summed E-state index contributed by atoms with van der Waals surface area (Å²) < 4.78 is 2.00. The Kier molecular flexibility index (Phi) is 4.32. The maximum Gasteiger partial charge on any atom is 0.252 e. The van der Waals surface area contributed by atoms with E-state index in [-0.39, 0.29) is 18.0 Å². The lowest BCUT2D eigenvalue weighted by atomic mass is 10.0. The molecular formula is C16H22N6OS. The maximum absolute atomic E-state index is 12.2. The van der Waals surface area contributed by atoms with Crippen LogP contribution in [-0.4, -0.2) is 50.1 Å². The molecule has 2 aromatic rings. The normalized spacial score (nSPS) is 20.9. The van der Waals surface area contributed by atoms with Gasteiger partial charge in [0.25, 0.3) is 5.91 Å². The average molecular weight is 346 g/mol. The number of tetrazole rings is 1. The Balaban J connectivity index is 1.32. The Morgan fingerprint density at radius 2 is 2.12 bits per heavy atom. The van der Waals surface area contributed by atoms with Crippen molar-refractivity contribution in [1.29, 1.82) is 0 Å². The first-order valence-corrected chi connectivity index (χ1v) is 9.51. The van der Waals surface area contributed by atoms with E-state index in [9.17, 15) is 4.79 Å². The first-order valence-electron chi connectivity index (χ1n) is 8.57. The summed E-state index contributed by atoms with van der Waals surface area (Å²) >= 11 is 1.55. The average Bonchev–Trinajstić information content (AvgIpc) is 3.11. The Hall–Kier alpha value is -1.80. The highest BCUT2D eigenvalue weighted by molar-refractivity contribution is 7.08. The molecule has 1 unspecified atom stereocenters. The van der Waals surface area contributed by atoms with Gasteiger partial charge in [0.2, 0.25) is 0 Å². The van der Waals surface area contributed by atoms with Crippen molar-refractivity contribution in [3.05, 3.63) is 28.2 Å². The van der Waals surface area contributed by atoms with Crippen LogP contribution in [0.4, 0.5) is 0 Å². The van der Waals surface area contributed by atoms with Gasteiger partial charge in [0.15, 0.2) is 5.82 Å². The van der Waals surface area contributed by atoms with E-state index in [2.05, 4.69) is 32.7 Å². The summed E-state index contributed by atoms with van der Waals surface area (Å²) in [4.78, 5) is 14.6. The molecule has 1 atom stereocenters. The summed E-state index contributed by atoms with van der Waals surface area (Å²) in [6, 6.07) is 2.84. The molecule has 1 amide bonds. The number of carbonyl (C=O) groups excluding carboxylic acids is 1. The van der Waals surface area contributed by atoms with Gasteiger partial charge in [-0.05, 0) is 54.5 Å². The molecule has 7 nitrogen and oxygen atoms in total. The fourth-order valence-electron chi connectivity index (χ4n) is 3.31. The molecule has 0 bridgehead atoms. The molecule has 3 heterocycles. The molecule has 1 saturated heterocycles. The highest BCUT2D eigenvalue weighted by Gasteiger charge is 2.32. The zero-order valence-electron chi connectivity index (χ0n) is 13.8. The van der Waals surface area contributed by atoms with Crippen LogP contribution >= 0.6 is 11.3 Å². The topological polar surface area (TPSA) is 75.9 Å². The Labute approximate surface area is 145 Å². The lowest BCUT2D eigenvalue weighted by molar-refractivity contribution is 0.0892. The highest BCUT2D eigenvalue weighted by Crippen LogP contribution is 2.36. The van der Waals surface area contributed by atoms with Gasteiger partial charge in [-0.3, -0.25) is 9.69 Å². The number of hydrogen-bond donors (Lipinski definition) is 1. The second-order valence-corrected chi connectivity index (χ2v) is 7.46. The highest BCUT2D eigenvalue weighted by atomic mass is 32.1. The molecule has 0 spiro atoms. The van der Waals surface area contributed by atoms with Gasteiger partial charge in [-0.15, -0.1) is 5.10 Å². The van der Waals surface area contributed by atoms with E-state index in [1.165, 1.54) is 12.8 Å². The second-order valence-electron chi connectivity index (χ2n) is 6.68. The van der Waals surface area contributed by atoms with Crippen molar-refractivity contribution in [3.8, 4) is 0 Å². The molecule has 24 heavy (non-hydrogen) atoms. The van der Waals surface area contributed by atoms with Gasteiger partial charge in [-0.2, -0.15) is 11.3 Å².